The number of carbonyl (C=O) groups is 1. The van der Waals surface area contributed by atoms with E-state index < -0.39 is 0 Å². The van der Waals surface area contributed by atoms with Gasteiger partial charge in [-0.25, -0.2) is 0 Å². The maximum atomic E-state index is 11.2. The van der Waals surface area contributed by atoms with Gasteiger partial charge in [-0.05, 0) is 30.7 Å². The lowest BCUT2D eigenvalue weighted by Crippen LogP contribution is -2.26. The van der Waals surface area contributed by atoms with Gasteiger partial charge in [0.2, 0.25) is 5.91 Å². The molecule has 0 radical (unpaired) electrons. The molecule has 0 saturated carbocycles. The Bertz CT molecular complexity index is 321. The maximum absolute atomic E-state index is 11.2. The topological polar surface area (TPSA) is 29.1 Å². The molecular formula is C13H17NO. The number of hydrogen-bond acceptors (Lipinski definition) is 1. The highest BCUT2D eigenvalue weighted by Crippen LogP contribution is 2.16. The molecule has 2 rings (SSSR count). The van der Waals surface area contributed by atoms with Crippen molar-refractivity contribution in [2.24, 2.45) is 5.92 Å². The fraction of sp³-hybridized carbons (Fsp3) is 0.462. The van der Waals surface area contributed by atoms with E-state index in [0.717, 1.165) is 25.8 Å². The van der Waals surface area contributed by atoms with E-state index in [4.69, 9.17) is 0 Å². The van der Waals surface area contributed by atoms with Gasteiger partial charge in [0.05, 0.1) is 0 Å². The number of benzene rings is 1. The normalized spacial score (nSPS) is 21.9. The van der Waals surface area contributed by atoms with E-state index in [1.54, 1.807) is 0 Å². The SMILES string of the molecule is O=C1CCCC(Cc2ccccc2)CN1. The first-order valence-electron chi connectivity index (χ1n) is 5.65. The van der Waals surface area contributed by atoms with Gasteiger partial charge in [0.15, 0.2) is 0 Å². The molecule has 1 aromatic carbocycles. The fourth-order valence-electron chi connectivity index (χ4n) is 2.12. The Morgan fingerprint density at radius 3 is 2.87 bits per heavy atom. The largest absolute Gasteiger partial charge is 0.356 e. The van der Waals surface area contributed by atoms with Crippen LogP contribution in [0.15, 0.2) is 30.3 Å². The number of hydrogen-bond donors (Lipinski definition) is 1. The lowest BCUT2D eigenvalue weighted by molar-refractivity contribution is -0.120. The van der Waals surface area contributed by atoms with E-state index in [-0.39, 0.29) is 5.91 Å². The van der Waals surface area contributed by atoms with Crippen molar-refractivity contribution in [3.05, 3.63) is 35.9 Å². The molecule has 80 valence electrons. The van der Waals surface area contributed by atoms with Crippen LogP contribution in [0.4, 0.5) is 0 Å². The predicted molar refractivity (Wildman–Crippen MR) is 60.5 cm³/mol. The monoisotopic (exact) mass is 203 g/mol. The molecule has 0 bridgehead atoms. The Labute approximate surface area is 90.7 Å². The molecule has 1 atom stereocenters. The highest BCUT2D eigenvalue weighted by molar-refractivity contribution is 5.76. The molecule has 15 heavy (non-hydrogen) atoms. The summed E-state index contributed by atoms with van der Waals surface area (Å²) in [6, 6.07) is 10.5. The van der Waals surface area contributed by atoms with Crippen molar-refractivity contribution in [1.82, 2.24) is 5.32 Å². The van der Waals surface area contributed by atoms with Gasteiger partial charge in [-0.15, -0.1) is 0 Å². The highest BCUT2D eigenvalue weighted by atomic mass is 16.1. The Balaban J connectivity index is 1.92. The first-order valence-corrected chi connectivity index (χ1v) is 5.65. The number of nitrogens with one attached hydrogen (secondary N) is 1. The number of rotatable bonds is 2. The van der Waals surface area contributed by atoms with Crippen molar-refractivity contribution in [3.8, 4) is 0 Å². The molecular weight excluding hydrogens is 186 g/mol. The molecule has 1 aliphatic heterocycles. The molecule has 1 aliphatic rings. The van der Waals surface area contributed by atoms with Crippen molar-refractivity contribution in [3.63, 3.8) is 0 Å². The fourth-order valence-corrected chi connectivity index (χ4v) is 2.12. The summed E-state index contributed by atoms with van der Waals surface area (Å²) in [6.45, 7) is 0.841. The van der Waals surface area contributed by atoms with Crippen molar-refractivity contribution >= 4 is 5.91 Å². The van der Waals surface area contributed by atoms with Gasteiger partial charge in [0.25, 0.3) is 0 Å². The van der Waals surface area contributed by atoms with Gasteiger partial charge >= 0.3 is 0 Å². The van der Waals surface area contributed by atoms with Crippen LogP contribution in [0.25, 0.3) is 0 Å². The smallest absolute Gasteiger partial charge is 0.220 e. The minimum Gasteiger partial charge on any atom is -0.356 e. The molecule has 1 saturated heterocycles. The molecule has 1 fully saturated rings. The van der Waals surface area contributed by atoms with Crippen molar-refractivity contribution in [2.45, 2.75) is 25.7 Å². The lowest BCUT2D eigenvalue weighted by atomic mass is 9.95. The molecule has 2 nitrogen and oxygen atoms in total. The standard InChI is InChI=1S/C13H17NO/c15-13-8-4-7-12(10-14-13)9-11-5-2-1-3-6-11/h1-3,5-6,12H,4,7-10H2,(H,14,15). The molecule has 0 spiro atoms. The quantitative estimate of drug-likeness (QED) is 0.784. The van der Waals surface area contributed by atoms with E-state index in [1.165, 1.54) is 5.56 Å². The Kier molecular flexibility index (Phi) is 3.38. The van der Waals surface area contributed by atoms with Gasteiger partial charge in [0, 0.05) is 13.0 Å². The van der Waals surface area contributed by atoms with Gasteiger partial charge < -0.3 is 5.32 Å². The van der Waals surface area contributed by atoms with Gasteiger partial charge in [-0.1, -0.05) is 30.3 Å². The lowest BCUT2D eigenvalue weighted by Gasteiger charge is -2.13. The van der Waals surface area contributed by atoms with Gasteiger partial charge in [-0.3, -0.25) is 4.79 Å². The van der Waals surface area contributed by atoms with Crippen molar-refractivity contribution in [2.75, 3.05) is 6.54 Å². The zero-order valence-electron chi connectivity index (χ0n) is 8.91. The number of carbonyl (C=O) groups excluding carboxylic acids is 1. The second kappa shape index (κ2) is 4.96. The van der Waals surface area contributed by atoms with Crippen LogP contribution in [0, 0.1) is 5.92 Å². The third-order valence-electron chi connectivity index (χ3n) is 2.97. The molecule has 1 heterocycles. The Morgan fingerprint density at radius 2 is 2.07 bits per heavy atom. The van der Waals surface area contributed by atoms with Crippen LogP contribution < -0.4 is 5.32 Å². The average Bonchev–Trinajstić information content (AvgIpc) is 2.46. The van der Waals surface area contributed by atoms with Crippen molar-refractivity contribution in [1.29, 1.82) is 0 Å². The van der Waals surface area contributed by atoms with Crippen LogP contribution in [0.1, 0.15) is 24.8 Å². The zero-order valence-corrected chi connectivity index (χ0v) is 8.91. The molecule has 0 aliphatic carbocycles. The maximum Gasteiger partial charge on any atom is 0.220 e. The summed E-state index contributed by atoms with van der Waals surface area (Å²) in [5, 5.41) is 2.98. The van der Waals surface area contributed by atoms with E-state index in [2.05, 4.69) is 29.6 Å². The van der Waals surface area contributed by atoms with Crippen LogP contribution in [0.5, 0.6) is 0 Å². The summed E-state index contributed by atoms with van der Waals surface area (Å²) < 4.78 is 0. The second-order valence-corrected chi connectivity index (χ2v) is 4.25. The third-order valence-corrected chi connectivity index (χ3v) is 2.97. The summed E-state index contributed by atoms with van der Waals surface area (Å²) in [5.74, 6) is 0.824. The minimum atomic E-state index is 0.213. The van der Waals surface area contributed by atoms with E-state index in [1.807, 2.05) is 6.07 Å². The first-order chi connectivity index (χ1) is 7.34. The molecule has 1 aromatic rings. The summed E-state index contributed by atoms with van der Waals surface area (Å²) in [4.78, 5) is 11.2. The van der Waals surface area contributed by atoms with E-state index >= 15 is 0 Å². The second-order valence-electron chi connectivity index (χ2n) is 4.25. The molecule has 1 unspecified atom stereocenters. The minimum absolute atomic E-state index is 0.213. The van der Waals surface area contributed by atoms with Crippen LogP contribution in [0.2, 0.25) is 0 Å². The van der Waals surface area contributed by atoms with Crippen LogP contribution >= 0.6 is 0 Å². The van der Waals surface area contributed by atoms with Crippen LogP contribution in [0.3, 0.4) is 0 Å². The van der Waals surface area contributed by atoms with Gasteiger partial charge in [-0.2, -0.15) is 0 Å². The highest BCUT2D eigenvalue weighted by Gasteiger charge is 2.15. The summed E-state index contributed by atoms with van der Waals surface area (Å²) in [5.41, 5.74) is 1.37. The van der Waals surface area contributed by atoms with E-state index in [0.29, 0.717) is 12.3 Å². The number of amides is 1. The van der Waals surface area contributed by atoms with Gasteiger partial charge in [0.1, 0.15) is 0 Å². The zero-order chi connectivity index (χ0) is 10.5. The molecule has 1 N–H and O–H groups in total. The van der Waals surface area contributed by atoms with Crippen LogP contribution in [-0.2, 0) is 11.2 Å². The van der Waals surface area contributed by atoms with E-state index in [9.17, 15) is 4.79 Å². The summed E-state index contributed by atoms with van der Waals surface area (Å²) in [7, 11) is 0. The predicted octanol–water partition coefficient (Wildman–Crippen LogP) is 2.15. The van der Waals surface area contributed by atoms with Crippen molar-refractivity contribution < 1.29 is 4.79 Å². The third kappa shape index (κ3) is 3.08. The first kappa shape index (κ1) is 10.2. The van der Waals surface area contributed by atoms with Crippen LogP contribution in [-0.4, -0.2) is 12.5 Å². The average molecular weight is 203 g/mol. The Hall–Kier alpha value is -1.31. The molecule has 1 amide bonds. The summed E-state index contributed by atoms with van der Waals surface area (Å²) in [6.07, 6.45) is 3.98. The Morgan fingerprint density at radius 1 is 1.27 bits per heavy atom. The molecule has 0 aromatic heterocycles. The summed E-state index contributed by atoms with van der Waals surface area (Å²) >= 11 is 0. The molecule has 2 heteroatoms.